The van der Waals surface area contributed by atoms with E-state index in [0.29, 0.717) is 6.42 Å². The average molecular weight is 239 g/mol. The topological polar surface area (TPSA) is 43.4 Å². The Morgan fingerprint density at radius 2 is 2.00 bits per heavy atom. The van der Waals surface area contributed by atoms with Crippen LogP contribution in [0.25, 0.3) is 0 Å². The van der Waals surface area contributed by atoms with Crippen molar-refractivity contribution in [2.24, 2.45) is 5.92 Å². The first kappa shape index (κ1) is 12.0. The van der Waals surface area contributed by atoms with Crippen molar-refractivity contribution in [3.05, 3.63) is 0 Å². The van der Waals surface area contributed by atoms with Gasteiger partial charge in [-0.2, -0.15) is 0 Å². The van der Waals surface area contributed by atoms with E-state index in [2.05, 4.69) is 0 Å². The summed E-state index contributed by atoms with van der Waals surface area (Å²) in [5.41, 5.74) is 0. The molecule has 14 heavy (non-hydrogen) atoms. The Kier molecular flexibility index (Phi) is 4.85. The number of hydrogen-bond acceptors (Lipinski definition) is 3. The molecule has 0 radical (unpaired) electrons. The zero-order valence-corrected chi connectivity index (χ0v) is 9.18. The molecule has 1 rings (SSSR count). The fraction of sp³-hybridized carbons (Fsp3) is 0.778. The van der Waals surface area contributed by atoms with Crippen LogP contribution < -0.4 is 0 Å². The van der Waals surface area contributed by atoms with Gasteiger partial charge in [-0.3, -0.25) is 9.59 Å². The van der Waals surface area contributed by atoms with Crippen molar-refractivity contribution < 1.29 is 14.3 Å². The summed E-state index contributed by atoms with van der Waals surface area (Å²) < 4.78 is 5.23. The second kappa shape index (κ2) is 5.69. The van der Waals surface area contributed by atoms with Gasteiger partial charge in [-0.05, 0) is 42.5 Å². The fourth-order valence-corrected chi connectivity index (χ4v) is 1.95. The zero-order chi connectivity index (χ0) is 10.6. The van der Waals surface area contributed by atoms with Gasteiger partial charge in [0.05, 0.1) is 6.10 Å². The quantitative estimate of drug-likeness (QED) is 0.705. The molecule has 3 nitrogen and oxygen atoms in total. The molecule has 1 fully saturated rings. The molecule has 0 aromatic rings. The van der Waals surface area contributed by atoms with Gasteiger partial charge in [0.2, 0.25) is 10.5 Å². The molecule has 0 N–H and O–H groups in total. The van der Waals surface area contributed by atoms with Crippen molar-refractivity contribution in [3.63, 3.8) is 0 Å². The molecule has 0 aliphatic heterocycles. The molecule has 0 aromatic heterocycles. The highest BCUT2D eigenvalue weighted by atomic mass is 35.5. The van der Waals surface area contributed by atoms with Gasteiger partial charge in [0.1, 0.15) is 6.61 Å². The van der Waals surface area contributed by atoms with Crippen LogP contribution in [0.15, 0.2) is 0 Å². The normalized spacial score (nSPS) is 27.3. The highest BCUT2D eigenvalue weighted by molar-refractivity contribution is 6.64. The van der Waals surface area contributed by atoms with Crippen LogP contribution >= 0.6 is 23.2 Å². The van der Waals surface area contributed by atoms with Crippen LogP contribution in [0, 0.1) is 5.92 Å². The number of halogens is 2. The second-order valence-electron chi connectivity index (χ2n) is 3.46. The molecule has 1 aliphatic rings. The summed E-state index contributed by atoms with van der Waals surface area (Å²) >= 11 is 10.5. The minimum absolute atomic E-state index is 0.0563. The third-order valence-electron chi connectivity index (χ3n) is 2.38. The molecule has 2 atom stereocenters. The van der Waals surface area contributed by atoms with E-state index in [1.165, 1.54) is 0 Å². The first-order valence-corrected chi connectivity index (χ1v) is 5.34. The van der Waals surface area contributed by atoms with Crippen LogP contribution in [-0.4, -0.2) is 23.2 Å². The van der Waals surface area contributed by atoms with E-state index in [0.717, 1.165) is 19.3 Å². The van der Waals surface area contributed by atoms with Crippen LogP contribution in [0.3, 0.4) is 0 Å². The lowest BCUT2D eigenvalue weighted by Crippen LogP contribution is -2.27. The SMILES string of the molecule is O=C(Cl)COC1CCCC(C(=O)Cl)C1. The maximum absolute atomic E-state index is 10.9. The Morgan fingerprint density at radius 1 is 1.29 bits per heavy atom. The van der Waals surface area contributed by atoms with E-state index >= 15 is 0 Å². The molecule has 0 heterocycles. The number of carbonyl (C=O) groups excluding carboxylic acids is 2. The van der Waals surface area contributed by atoms with Crippen molar-refractivity contribution in [2.45, 2.75) is 31.8 Å². The lowest BCUT2D eigenvalue weighted by Gasteiger charge is -2.26. The molecule has 0 saturated heterocycles. The van der Waals surface area contributed by atoms with Gasteiger partial charge in [-0.1, -0.05) is 6.42 Å². The molecule has 2 unspecified atom stereocenters. The molecule has 80 valence electrons. The maximum atomic E-state index is 10.9. The molecule has 5 heteroatoms. The Bertz CT molecular complexity index is 230. The van der Waals surface area contributed by atoms with Gasteiger partial charge in [0.15, 0.2) is 0 Å². The Labute approximate surface area is 92.7 Å². The minimum Gasteiger partial charge on any atom is -0.369 e. The largest absolute Gasteiger partial charge is 0.369 e. The van der Waals surface area contributed by atoms with E-state index < -0.39 is 5.24 Å². The molecule has 0 aromatic carbocycles. The van der Waals surface area contributed by atoms with E-state index in [4.69, 9.17) is 27.9 Å². The summed E-state index contributed by atoms with van der Waals surface area (Å²) in [5.74, 6) is -0.124. The average Bonchev–Trinajstić information content (AvgIpc) is 2.15. The summed E-state index contributed by atoms with van der Waals surface area (Å²) in [6, 6.07) is 0. The Balaban J connectivity index is 2.32. The monoisotopic (exact) mass is 238 g/mol. The predicted octanol–water partition coefficient (Wildman–Crippen LogP) is 2.09. The standard InChI is InChI=1S/C9H12Cl2O3/c10-8(12)5-14-7-3-1-2-6(4-7)9(11)13/h6-7H,1-5H2. The molecule has 0 amide bonds. The molecule has 0 bridgehead atoms. The van der Waals surface area contributed by atoms with Gasteiger partial charge in [-0.15, -0.1) is 0 Å². The lowest BCUT2D eigenvalue weighted by molar-refractivity contribution is -0.121. The number of carbonyl (C=O) groups is 2. The number of hydrogen-bond donors (Lipinski definition) is 0. The van der Waals surface area contributed by atoms with Gasteiger partial charge >= 0.3 is 0 Å². The van der Waals surface area contributed by atoms with E-state index in [9.17, 15) is 9.59 Å². The molecular formula is C9H12Cl2O3. The summed E-state index contributed by atoms with van der Waals surface area (Å²) in [6.45, 7) is -0.0879. The zero-order valence-electron chi connectivity index (χ0n) is 7.67. The summed E-state index contributed by atoms with van der Waals surface area (Å²) in [6.07, 6.45) is 3.14. The van der Waals surface area contributed by atoms with Gasteiger partial charge in [0, 0.05) is 5.92 Å². The minimum atomic E-state index is -0.510. The summed E-state index contributed by atoms with van der Waals surface area (Å²) in [7, 11) is 0. The second-order valence-corrected chi connectivity index (χ2v) is 4.25. The predicted molar refractivity (Wildman–Crippen MR) is 53.4 cm³/mol. The van der Waals surface area contributed by atoms with Crippen LogP contribution in [0.5, 0.6) is 0 Å². The van der Waals surface area contributed by atoms with Crippen molar-refractivity contribution in [3.8, 4) is 0 Å². The third-order valence-corrected chi connectivity index (χ3v) is 2.80. The van der Waals surface area contributed by atoms with Crippen molar-refractivity contribution in [1.82, 2.24) is 0 Å². The van der Waals surface area contributed by atoms with E-state index in [1.807, 2.05) is 0 Å². The van der Waals surface area contributed by atoms with Crippen LogP contribution in [0.4, 0.5) is 0 Å². The fourth-order valence-electron chi connectivity index (χ4n) is 1.69. The van der Waals surface area contributed by atoms with Gasteiger partial charge in [0.25, 0.3) is 0 Å². The van der Waals surface area contributed by atoms with E-state index in [-0.39, 0.29) is 23.9 Å². The van der Waals surface area contributed by atoms with E-state index in [1.54, 1.807) is 0 Å². The first-order valence-electron chi connectivity index (χ1n) is 4.59. The van der Waals surface area contributed by atoms with Crippen LogP contribution in [-0.2, 0) is 14.3 Å². The molecular weight excluding hydrogens is 227 g/mol. The summed E-state index contributed by atoms with van der Waals surface area (Å²) in [5, 5.41) is -0.820. The number of rotatable bonds is 4. The van der Waals surface area contributed by atoms with Crippen molar-refractivity contribution in [2.75, 3.05) is 6.61 Å². The number of ether oxygens (including phenoxy) is 1. The van der Waals surface area contributed by atoms with Crippen LogP contribution in [0.2, 0.25) is 0 Å². The van der Waals surface area contributed by atoms with Crippen molar-refractivity contribution >= 4 is 33.7 Å². The Hall–Kier alpha value is -0.120. The lowest BCUT2D eigenvalue weighted by atomic mass is 9.88. The third kappa shape index (κ3) is 3.95. The van der Waals surface area contributed by atoms with Crippen molar-refractivity contribution in [1.29, 1.82) is 0 Å². The smallest absolute Gasteiger partial charge is 0.247 e. The highest BCUT2D eigenvalue weighted by Crippen LogP contribution is 2.27. The van der Waals surface area contributed by atoms with Crippen LogP contribution in [0.1, 0.15) is 25.7 Å². The molecule has 1 aliphatic carbocycles. The first-order chi connectivity index (χ1) is 6.59. The Morgan fingerprint density at radius 3 is 2.57 bits per heavy atom. The molecule has 1 saturated carbocycles. The molecule has 0 spiro atoms. The summed E-state index contributed by atoms with van der Waals surface area (Å²) in [4.78, 5) is 21.3. The highest BCUT2D eigenvalue weighted by Gasteiger charge is 2.26. The maximum Gasteiger partial charge on any atom is 0.247 e. The van der Waals surface area contributed by atoms with Gasteiger partial charge < -0.3 is 4.74 Å². The van der Waals surface area contributed by atoms with Gasteiger partial charge in [-0.25, -0.2) is 0 Å².